The Morgan fingerprint density at radius 1 is 1.32 bits per heavy atom. The molecule has 1 aromatic heterocycles. The van der Waals surface area contributed by atoms with Gasteiger partial charge in [0.05, 0.1) is 24.3 Å². The maximum atomic E-state index is 8.90. The van der Waals surface area contributed by atoms with Gasteiger partial charge in [0.1, 0.15) is 11.6 Å². The van der Waals surface area contributed by atoms with E-state index in [-0.39, 0.29) is 6.04 Å². The highest BCUT2D eigenvalue weighted by molar-refractivity contribution is 5.47. The third-order valence-electron chi connectivity index (χ3n) is 3.17. The van der Waals surface area contributed by atoms with E-state index in [4.69, 9.17) is 10.00 Å². The van der Waals surface area contributed by atoms with E-state index in [1.807, 2.05) is 18.2 Å². The van der Waals surface area contributed by atoms with Gasteiger partial charge < -0.3 is 10.1 Å². The maximum Gasteiger partial charge on any atom is 0.127 e. The molecular formula is C15H13N3O. The van der Waals surface area contributed by atoms with Crippen molar-refractivity contribution in [2.45, 2.75) is 12.5 Å². The molecule has 1 aliphatic rings. The Labute approximate surface area is 111 Å². The van der Waals surface area contributed by atoms with Gasteiger partial charge in [-0.05, 0) is 18.2 Å². The highest BCUT2D eigenvalue weighted by Crippen LogP contribution is 2.33. The minimum atomic E-state index is 0.173. The largest absolute Gasteiger partial charge is 0.493 e. The fourth-order valence-corrected chi connectivity index (χ4v) is 2.25. The predicted octanol–water partition coefficient (Wildman–Crippen LogP) is 2.89. The Morgan fingerprint density at radius 2 is 2.21 bits per heavy atom. The van der Waals surface area contributed by atoms with Crippen LogP contribution in [0.15, 0.2) is 42.6 Å². The van der Waals surface area contributed by atoms with Gasteiger partial charge in [0, 0.05) is 18.2 Å². The Bertz CT molecular complexity index is 633. The monoisotopic (exact) mass is 251 g/mol. The van der Waals surface area contributed by atoms with Crippen LogP contribution in [0.1, 0.15) is 23.6 Å². The summed E-state index contributed by atoms with van der Waals surface area (Å²) in [6.07, 6.45) is 2.53. The summed E-state index contributed by atoms with van der Waals surface area (Å²) in [5.74, 6) is 1.64. The summed E-state index contributed by atoms with van der Waals surface area (Å²) in [5, 5.41) is 12.3. The molecule has 0 radical (unpaired) electrons. The summed E-state index contributed by atoms with van der Waals surface area (Å²) in [6, 6.07) is 13.8. The van der Waals surface area contributed by atoms with Crippen LogP contribution in [0, 0.1) is 11.3 Å². The summed E-state index contributed by atoms with van der Waals surface area (Å²) >= 11 is 0. The van der Waals surface area contributed by atoms with Crippen molar-refractivity contribution in [3.05, 3.63) is 53.7 Å². The molecule has 0 aliphatic carbocycles. The summed E-state index contributed by atoms with van der Waals surface area (Å²) in [4.78, 5) is 4.25. The van der Waals surface area contributed by atoms with Gasteiger partial charge >= 0.3 is 0 Å². The second kappa shape index (κ2) is 4.99. The van der Waals surface area contributed by atoms with Crippen molar-refractivity contribution in [1.82, 2.24) is 4.98 Å². The van der Waals surface area contributed by atoms with Crippen LogP contribution >= 0.6 is 0 Å². The van der Waals surface area contributed by atoms with E-state index in [1.165, 1.54) is 0 Å². The highest BCUT2D eigenvalue weighted by Gasteiger charge is 2.20. The molecule has 0 spiro atoms. The van der Waals surface area contributed by atoms with Crippen LogP contribution in [0.3, 0.4) is 0 Å². The van der Waals surface area contributed by atoms with Crippen LogP contribution in [0.4, 0.5) is 5.82 Å². The lowest BCUT2D eigenvalue weighted by Crippen LogP contribution is -2.20. The molecule has 3 rings (SSSR count). The average Bonchev–Trinajstić information content (AvgIpc) is 2.48. The maximum absolute atomic E-state index is 8.90. The van der Waals surface area contributed by atoms with Crippen molar-refractivity contribution < 1.29 is 4.74 Å². The van der Waals surface area contributed by atoms with Crippen molar-refractivity contribution in [2.75, 3.05) is 11.9 Å². The number of benzene rings is 1. The van der Waals surface area contributed by atoms with E-state index >= 15 is 0 Å². The summed E-state index contributed by atoms with van der Waals surface area (Å²) < 4.78 is 5.62. The first-order chi connectivity index (χ1) is 9.36. The third kappa shape index (κ3) is 2.36. The van der Waals surface area contributed by atoms with Crippen LogP contribution in [-0.4, -0.2) is 11.6 Å². The topological polar surface area (TPSA) is 57.9 Å². The second-order valence-corrected chi connectivity index (χ2v) is 4.41. The predicted molar refractivity (Wildman–Crippen MR) is 71.9 cm³/mol. The molecule has 4 nitrogen and oxygen atoms in total. The van der Waals surface area contributed by atoms with Gasteiger partial charge in [-0.15, -0.1) is 0 Å². The Morgan fingerprint density at radius 3 is 3.11 bits per heavy atom. The lowest BCUT2D eigenvalue weighted by molar-refractivity contribution is 0.274. The first kappa shape index (κ1) is 11.5. The van der Waals surface area contributed by atoms with E-state index in [0.717, 1.165) is 23.6 Å². The molecule has 1 aliphatic heterocycles. The van der Waals surface area contributed by atoms with Crippen molar-refractivity contribution in [2.24, 2.45) is 0 Å². The molecule has 2 heterocycles. The molecule has 2 aromatic rings. The second-order valence-electron chi connectivity index (χ2n) is 4.41. The number of aromatic nitrogens is 1. The molecule has 0 amide bonds. The zero-order valence-corrected chi connectivity index (χ0v) is 10.3. The van der Waals surface area contributed by atoms with Crippen molar-refractivity contribution in [3.63, 3.8) is 0 Å². The molecular weight excluding hydrogens is 238 g/mol. The zero-order chi connectivity index (χ0) is 13.1. The lowest BCUT2D eigenvalue weighted by atomic mass is 10.0. The molecule has 94 valence electrons. The summed E-state index contributed by atoms with van der Waals surface area (Å²) in [6.45, 7) is 0.687. The Hall–Kier alpha value is -2.54. The van der Waals surface area contributed by atoms with E-state index in [2.05, 4.69) is 22.4 Å². The first-order valence-electron chi connectivity index (χ1n) is 6.21. The number of nitrogens with one attached hydrogen (secondary N) is 1. The molecule has 0 saturated heterocycles. The van der Waals surface area contributed by atoms with Crippen LogP contribution in [0.5, 0.6) is 5.75 Å². The normalized spacial score (nSPS) is 16.9. The standard InChI is InChI=1S/C15H13N3O/c16-10-11-5-7-17-15(9-11)18-13-6-8-19-14-4-2-1-3-12(13)14/h1-5,7,9,13H,6,8H2,(H,17,18). The van der Waals surface area contributed by atoms with Gasteiger partial charge in [0.2, 0.25) is 0 Å². The lowest BCUT2D eigenvalue weighted by Gasteiger charge is -2.27. The summed E-state index contributed by atoms with van der Waals surface area (Å²) in [7, 11) is 0. The van der Waals surface area contributed by atoms with Crippen LogP contribution < -0.4 is 10.1 Å². The number of hydrogen-bond acceptors (Lipinski definition) is 4. The van der Waals surface area contributed by atoms with E-state index < -0.39 is 0 Å². The zero-order valence-electron chi connectivity index (χ0n) is 10.3. The number of nitriles is 1. The van der Waals surface area contributed by atoms with E-state index in [0.29, 0.717) is 12.2 Å². The van der Waals surface area contributed by atoms with Crippen molar-refractivity contribution in [1.29, 1.82) is 5.26 Å². The smallest absolute Gasteiger partial charge is 0.127 e. The van der Waals surface area contributed by atoms with Gasteiger partial charge in [-0.25, -0.2) is 4.98 Å². The van der Waals surface area contributed by atoms with Crippen LogP contribution in [0.2, 0.25) is 0 Å². The molecule has 19 heavy (non-hydrogen) atoms. The van der Waals surface area contributed by atoms with Crippen LogP contribution in [0.25, 0.3) is 0 Å². The third-order valence-corrected chi connectivity index (χ3v) is 3.17. The van der Waals surface area contributed by atoms with E-state index in [1.54, 1.807) is 18.3 Å². The van der Waals surface area contributed by atoms with Gasteiger partial charge in [-0.1, -0.05) is 18.2 Å². The van der Waals surface area contributed by atoms with Gasteiger partial charge in [-0.3, -0.25) is 0 Å². The number of ether oxygens (including phenoxy) is 1. The summed E-state index contributed by atoms with van der Waals surface area (Å²) in [5.41, 5.74) is 1.75. The molecule has 0 bridgehead atoms. The van der Waals surface area contributed by atoms with Crippen molar-refractivity contribution >= 4 is 5.82 Å². The van der Waals surface area contributed by atoms with E-state index in [9.17, 15) is 0 Å². The number of rotatable bonds is 2. The highest BCUT2D eigenvalue weighted by atomic mass is 16.5. The number of pyridine rings is 1. The minimum Gasteiger partial charge on any atom is -0.493 e. The van der Waals surface area contributed by atoms with Gasteiger partial charge in [-0.2, -0.15) is 5.26 Å². The number of para-hydroxylation sites is 1. The molecule has 1 N–H and O–H groups in total. The molecule has 1 unspecified atom stereocenters. The van der Waals surface area contributed by atoms with Crippen LogP contribution in [-0.2, 0) is 0 Å². The SMILES string of the molecule is N#Cc1ccnc(NC2CCOc3ccccc32)c1. The fourth-order valence-electron chi connectivity index (χ4n) is 2.25. The Balaban J connectivity index is 1.86. The Kier molecular flexibility index (Phi) is 3.03. The average molecular weight is 251 g/mol. The quantitative estimate of drug-likeness (QED) is 0.891. The molecule has 4 heteroatoms. The number of nitrogens with zero attached hydrogens (tertiary/aromatic N) is 2. The first-order valence-corrected chi connectivity index (χ1v) is 6.21. The van der Waals surface area contributed by atoms with Gasteiger partial charge in [0.15, 0.2) is 0 Å². The molecule has 1 atom stereocenters. The number of anilines is 1. The van der Waals surface area contributed by atoms with Gasteiger partial charge in [0.25, 0.3) is 0 Å². The number of hydrogen-bond donors (Lipinski definition) is 1. The van der Waals surface area contributed by atoms with Crippen molar-refractivity contribution in [3.8, 4) is 11.8 Å². The molecule has 0 fully saturated rings. The fraction of sp³-hybridized carbons (Fsp3) is 0.200. The molecule has 0 saturated carbocycles. The molecule has 1 aromatic carbocycles. The minimum absolute atomic E-state index is 0.173. The number of fused-ring (bicyclic) bond motifs is 1.